The molecular formula is C21H30N2O5. The lowest BCUT2D eigenvalue weighted by Gasteiger charge is -2.39. The largest absolute Gasteiger partial charge is 0.485 e. The molecule has 0 aromatic heterocycles. The molecule has 7 nitrogen and oxygen atoms in total. The Bertz CT molecular complexity index is 715. The Morgan fingerprint density at radius 2 is 1.93 bits per heavy atom. The summed E-state index contributed by atoms with van der Waals surface area (Å²) >= 11 is 0. The van der Waals surface area contributed by atoms with E-state index in [4.69, 9.17) is 14.2 Å². The number of ether oxygens (including phenoxy) is 3. The van der Waals surface area contributed by atoms with Crippen molar-refractivity contribution in [2.75, 3.05) is 26.7 Å². The highest BCUT2D eigenvalue weighted by Crippen LogP contribution is 2.31. The van der Waals surface area contributed by atoms with Gasteiger partial charge in [0.15, 0.2) is 11.5 Å². The number of hydrogen-bond acceptors (Lipinski definition) is 5. The van der Waals surface area contributed by atoms with Gasteiger partial charge >= 0.3 is 6.09 Å². The van der Waals surface area contributed by atoms with E-state index in [0.717, 1.165) is 19.3 Å². The normalized spacial score (nSPS) is 21.8. The van der Waals surface area contributed by atoms with Crippen LogP contribution in [-0.4, -0.2) is 66.3 Å². The van der Waals surface area contributed by atoms with Crippen molar-refractivity contribution in [3.8, 4) is 11.5 Å². The zero-order chi connectivity index (χ0) is 20.3. The summed E-state index contributed by atoms with van der Waals surface area (Å²) in [4.78, 5) is 28.8. The molecule has 2 aliphatic heterocycles. The summed E-state index contributed by atoms with van der Waals surface area (Å²) in [7, 11) is 1.74. The van der Waals surface area contributed by atoms with E-state index < -0.39 is 11.7 Å². The molecule has 2 aliphatic rings. The molecule has 0 aliphatic carbocycles. The molecule has 0 radical (unpaired) electrons. The molecule has 154 valence electrons. The maximum atomic E-state index is 12.9. The predicted molar refractivity (Wildman–Crippen MR) is 105 cm³/mol. The maximum Gasteiger partial charge on any atom is 0.410 e. The van der Waals surface area contributed by atoms with E-state index in [1.165, 1.54) is 0 Å². The van der Waals surface area contributed by atoms with E-state index in [-0.39, 0.29) is 24.6 Å². The second-order valence-corrected chi connectivity index (χ2v) is 8.41. The van der Waals surface area contributed by atoms with E-state index in [2.05, 4.69) is 0 Å². The second kappa shape index (κ2) is 8.29. The van der Waals surface area contributed by atoms with Gasteiger partial charge in [-0.2, -0.15) is 0 Å². The van der Waals surface area contributed by atoms with E-state index >= 15 is 0 Å². The Morgan fingerprint density at radius 3 is 2.64 bits per heavy atom. The summed E-state index contributed by atoms with van der Waals surface area (Å²) in [6.07, 6.45) is 1.83. The van der Waals surface area contributed by atoms with Gasteiger partial charge in [0, 0.05) is 20.1 Å². The number of likely N-dealkylation sites (tertiary alicyclic amines) is 1. The number of benzene rings is 1. The lowest BCUT2D eigenvalue weighted by atomic mass is 10.0. The number of nitrogens with zero attached hydrogens (tertiary/aromatic N) is 2. The summed E-state index contributed by atoms with van der Waals surface area (Å²) in [6.45, 7) is 6.85. The first-order valence-electron chi connectivity index (χ1n) is 9.87. The van der Waals surface area contributed by atoms with Gasteiger partial charge in [-0.1, -0.05) is 12.1 Å². The van der Waals surface area contributed by atoms with Gasteiger partial charge in [-0.25, -0.2) is 4.79 Å². The summed E-state index contributed by atoms with van der Waals surface area (Å²) in [5.41, 5.74) is -0.540. The highest BCUT2D eigenvalue weighted by Gasteiger charge is 2.34. The molecule has 2 atom stereocenters. The highest BCUT2D eigenvalue weighted by atomic mass is 16.6. The lowest BCUT2D eigenvalue weighted by molar-refractivity contribution is -0.140. The molecule has 2 unspecified atom stereocenters. The lowest BCUT2D eigenvalue weighted by Crippen LogP contribution is -2.53. The Kier molecular flexibility index (Phi) is 6.01. The van der Waals surface area contributed by atoms with Crippen molar-refractivity contribution in [2.24, 2.45) is 0 Å². The van der Waals surface area contributed by atoms with Crippen molar-refractivity contribution in [3.05, 3.63) is 24.3 Å². The van der Waals surface area contributed by atoms with E-state index in [1.54, 1.807) is 22.9 Å². The maximum absolute atomic E-state index is 12.9. The van der Waals surface area contributed by atoms with Crippen molar-refractivity contribution in [2.45, 2.75) is 57.8 Å². The van der Waals surface area contributed by atoms with Gasteiger partial charge in [0.2, 0.25) is 6.10 Å². The van der Waals surface area contributed by atoms with E-state index in [0.29, 0.717) is 24.6 Å². The number of amides is 2. The third kappa shape index (κ3) is 4.88. The van der Waals surface area contributed by atoms with Crippen LogP contribution in [0.5, 0.6) is 11.5 Å². The van der Waals surface area contributed by atoms with Gasteiger partial charge in [-0.15, -0.1) is 0 Å². The standard InChI is InChI=1S/C21H30N2O5/c1-21(2,3)28-20(25)23-12-8-7-9-15(23)13-22(4)19(24)18-14-26-16-10-5-6-11-17(16)27-18/h5-6,10-11,15,18H,7-9,12-14H2,1-4H3. The Labute approximate surface area is 166 Å². The van der Waals surface area contributed by atoms with E-state index in [1.807, 2.05) is 39.0 Å². The van der Waals surface area contributed by atoms with Crippen LogP contribution < -0.4 is 9.47 Å². The molecule has 3 rings (SSSR count). The molecule has 1 saturated heterocycles. The Morgan fingerprint density at radius 1 is 1.21 bits per heavy atom. The monoisotopic (exact) mass is 390 g/mol. The van der Waals surface area contributed by atoms with Crippen LogP contribution in [0.25, 0.3) is 0 Å². The number of carbonyl (C=O) groups excluding carboxylic acids is 2. The number of rotatable bonds is 3. The fourth-order valence-corrected chi connectivity index (χ4v) is 3.54. The molecule has 1 aromatic carbocycles. The number of hydrogen-bond donors (Lipinski definition) is 0. The Balaban J connectivity index is 1.61. The molecule has 28 heavy (non-hydrogen) atoms. The van der Waals surface area contributed by atoms with Crippen LogP contribution >= 0.6 is 0 Å². The van der Waals surface area contributed by atoms with Crippen LogP contribution in [0, 0.1) is 0 Å². The van der Waals surface area contributed by atoms with Crippen molar-refractivity contribution in [1.29, 1.82) is 0 Å². The number of piperidine rings is 1. The number of para-hydroxylation sites is 2. The zero-order valence-electron chi connectivity index (χ0n) is 17.1. The van der Waals surface area contributed by atoms with Gasteiger partial charge in [0.1, 0.15) is 12.2 Å². The minimum Gasteiger partial charge on any atom is -0.485 e. The zero-order valence-corrected chi connectivity index (χ0v) is 17.1. The third-order valence-corrected chi connectivity index (χ3v) is 4.90. The van der Waals surface area contributed by atoms with Gasteiger partial charge in [0.05, 0.1) is 6.04 Å². The topological polar surface area (TPSA) is 68.3 Å². The molecule has 0 bridgehead atoms. The van der Waals surface area contributed by atoms with Crippen LogP contribution in [-0.2, 0) is 9.53 Å². The first-order chi connectivity index (χ1) is 13.2. The fourth-order valence-electron chi connectivity index (χ4n) is 3.54. The highest BCUT2D eigenvalue weighted by molar-refractivity contribution is 5.81. The van der Waals surface area contributed by atoms with Crippen LogP contribution in [0.4, 0.5) is 4.79 Å². The Hall–Kier alpha value is -2.44. The molecule has 0 spiro atoms. The summed E-state index contributed by atoms with van der Waals surface area (Å²) in [5.74, 6) is 1.08. The minimum absolute atomic E-state index is 0.0608. The minimum atomic E-state index is -0.682. The number of carbonyl (C=O) groups is 2. The van der Waals surface area contributed by atoms with Gasteiger partial charge < -0.3 is 24.0 Å². The quantitative estimate of drug-likeness (QED) is 0.793. The summed E-state index contributed by atoms with van der Waals surface area (Å²) in [6, 6.07) is 7.26. The second-order valence-electron chi connectivity index (χ2n) is 8.41. The van der Waals surface area contributed by atoms with Gasteiger partial charge in [-0.3, -0.25) is 4.79 Å². The fraction of sp³-hybridized carbons (Fsp3) is 0.619. The average Bonchev–Trinajstić information content (AvgIpc) is 2.66. The smallest absolute Gasteiger partial charge is 0.410 e. The first-order valence-corrected chi connectivity index (χ1v) is 9.87. The molecule has 7 heteroatoms. The van der Waals surface area contributed by atoms with Crippen LogP contribution in [0.15, 0.2) is 24.3 Å². The van der Waals surface area contributed by atoms with Crippen LogP contribution in [0.3, 0.4) is 0 Å². The SMILES string of the molecule is CN(CC1CCCCN1C(=O)OC(C)(C)C)C(=O)C1COc2ccccc2O1. The predicted octanol–water partition coefficient (Wildman–Crippen LogP) is 3.07. The van der Waals surface area contributed by atoms with E-state index in [9.17, 15) is 9.59 Å². The molecule has 2 amide bonds. The summed E-state index contributed by atoms with van der Waals surface area (Å²) < 4.78 is 17.0. The number of fused-ring (bicyclic) bond motifs is 1. The van der Waals surface area contributed by atoms with Crippen molar-refractivity contribution < 1.29 is 23.8 Å². The average molecular weight is 390 g/mol. The summed E-state index contributed by atoms with van der Waals surface area (Å²) in [5, 5.41) is 0. The van der Waals surface area contributed by atoms with Crippen LogP contribution in [0.1, 0.15) is 40.0 Å². The third-order valence-electron chi connectivity index (χ3n) is 4.90. The number of likely N-dealkylation sites (N-methyl/N-ethyl adjacent to an activating group) is 1. The van der Waals surface area contributed by atoms with Crippen molar-refractivity contribution >= 4 is 12.0 Å². The molecule has 2 heterocycles. The first kappa shape index (κ1) is 20.3. The molecule has 0 saturated carbocycles. The molecule has 1 fully saturated rings. The van der Waals surface area contributed by atoms with Crippen LogP contribution in [0.2, 0.25) is 0 Å². The van der Waals surface area contributed by atoms with Gasteiger partial charge in [0.25, 0.3) is 5.91 Å². The van der Waals surface area contributed by atoms with Gasteiger partial charge in [-0.05, 0) is 52.2 Å². The van der Waals surface area contributed by atoms with Crippen molar-refractivity contribution in [1.82, 2.24) is 9.80 Å². The molecule has 0 N–H and O–H groups in total. The van der Waals surface area contributed by atoms with Crippen molar-refractivity contribution in [3.63, 3.8) is 0 Å². The molecule has 1 aromatic rings. The molecular weight excluding hydrogens is 360 g/mol.